The molecular formula is C24H21N3S2. The highest BCUT2D eigenvalue weighted by molar-refractivity contribution is 7.99. The monoisotopic (exact) mass is 415 g/mol. The first-order valence-electron chi connectivity index (χ1n) is 9.47. The van der Waals surface area contributed by atoms with Crippen molar-refractivity contribution < 1.29 is 0 Å². The summed E-state index contributed by atoms with van der Waals surface area (Å²) < 4.78 is 2.69. The Morgan fingerprint density at radius 2 is 1.66 bits per heavy atom. The minimum Gasteiger partial charge on any atom is -0.398 e. The Morgan fingerprint density at radius 1 is 0.828 bits per heavy atom. The summed E-state index contributed by atoms with van der Waals surface area (Å²) in [6.07, 6.45) is -0.474. The molecule has 5 heteroatoms. The number of thioether (sulfide) groups is 1. The summed E-state index contributed by atoms with van der Waals surface area (Å²) in [5, 5.41) is 4.91. The van der Waals surface area contributed by atoms with Crippen LogP contribution in [0.15, 0.2) is 77.7 Å². The second kappa shape index (κ2) is 7.35. The van der Waals surface area contributed by atoms with Crippen molar-refractivity contribution >= 4 is 59.7 Å². The van der Waals surface area contributed by atoms with E-state index in [1.807, 2.05) is 29.5 Å². The highest BCUT2D eigenvalue weighted by atomic mass is 32.2. The molecule has 6 N–H and O–H groups in total. The van der Waals surface area contributed by atoms with Crippen molar-refractivity contribution in [2.45, 2.75) is 16.8 Å². The van der Waals surface area contributed by atoms with E-state index in [9.17, 15) is 0 Å². The van der Waals surface area contributed by atoms with Gasteiger partial charge in [-0.15, -0.1) is 23.1 Å². The van der Waals surface area contributed by atoms with Crippen LogP contribution in [0.5, 0.6) is 0 Å². The molecule has 3 nitrogen and oxygen atoms in total. The maximum Gasteiger partial charge on any atom is 0.0784 e. The molecule has 0 spiro atoms. The lowest BCUT2D eigenvalue weighted by Crippen LogP contribution is -2.19. The molecule has 0 fully saturated rings. The summed E-state index contributed by atoms with van der Waals surface area (Å²) in [6, 6.07) is 25.3. The van der Waals surface area contributed by atoms with E-state index < -0.39 is 6.17 Å². The molecule has 0 unspecified atom stereocenters. The molecule has 0 aliphatic carbocycles. The minimum absolute atomic E-state index is 0.474. The lowest BCUT2D eigenvalue weighted by atomic mass is 10.1. The third-order valence-electron chi connectivity index (χ3n) is 5.27. The smallest absolute Gasteiger partial charge is 0.0784 e. The van der Waals surface area contributed by atoms with Crippen molar-refractivity contribution in [3.8, 4) is 0 Å². The van der Waals surface area contributed by atoms with Gasteiger partial charge in [0.25, 0.3) is 0 Å². The Bertz CT molecular complexity index is 1350. The van der Waals surface area contributed by atoms with Gasteiger partial charge in [-0.1, -0.05) is 54.6 Å². The third kappa shape index (κ3) is 3.26. The summed E-state index contributed by atoms with van der Waals surface area (Å²) in [6.45, 7) is 0. The van der Waals surface area contributed by atoms with Gasteiger partial charge in [-0.05, 0) is 40.1 Å². The van der Waals surface area contributed by atoms with Crippen LogP contribution in [0.4, 0.5) is 5.69 Å². The number of hydrogen-bond acceptors (Lipinski definition) is 5. The van der Waals surface area contributed by atoms with Crippen molar-refractivity contribution in [2.24, 2.45) is 11.5 Å². The highest BCUT2D eigenvalue weighted by Gasteiger charge is 2.12. The lowest BCUT2D eigenvalue weighted by Gasteiger charge is -2.13. The summed E-state index contributed by atoms with van der Waals surface area (Å²) in [4.78, 5) is 1.11. The summed E-state index contributed by atoms with van der Waals surface area (Å²) >= 11 is 3.65. The Morgan fingerprint density at radius 3 is 2.52 bits per heavy atom. The molecule has 0 aliphatic heterocycles. The van der Waals surface area contributed by atoms with Gasteiger partial charge >= 0.3 is 0 Å². The summed E-state index contributed by atoms with van der Waals surface area (Å²) in [7, 11) is 0. The average Bonchev–Trinajstić information content (AvgIpc) is 3.12. The van der Waals surface area contributed by atoms with E-state index in [0.717, 1.165) is 32.7 Å². The van der Waals surface area contributed by atoms with Crippen LogP contribution in [-0.4, -0.2) is 0 Å². The van der Waals surface area contributed by atoms with Crippen LogP contribution in [0.25, 0.3) is 30.9 Å². The molecule has 0 saturated heterocycles. The molecule has 0 aliphatic rings. The van der Waals surface area contributed by atoms with Gasteiger partial charge < -0.3 is 17.2 Å². The van der Waals surface area contributed by atoms with E-state index in [0.29, 0.717) is 0 Å². The Balaban J connectivity index is 1.54. The quantitative estimate of drug-likeness (QED) is 0.191. The van der Waals surface area contributed by atoms with Gasteiger partial charge in [0.1, 0.15) is 0 Å². The van der Waals surface area contributed by atoms with Gasteiger partial charge in [-0.2, -0.15) is 0 Å². The number of hydrogen-bond donors (Lipinski definition) is 3. The van der Waals surface area contributed by atoms with Gasteiger partial charge in [-0.3, -0.25) is 0 Å². The van der Waals surface area contributed by atoms with Crippen LogP contribution in [0.2, 0.25) is 0 Å². The third-order valence-corrected chi connectivity index (χ3v) is 7.73. The molecule has 5 aromatic rings. The van der Waals surface area contributed by atoms with Gasteiger partial charge in [0.2, 0.25) is 0 Å². The predicted octanol–water partition coefficient (Wildman–Crippen LogP) is 6.00. The molecule has 0 atom stereocenters. The van der Waals surface area contributed by atoms with Crippen molar-refractivity contribution in [3.63, 3.8) is 0 Å². The van der Waals surface area contributed by atoms with E-state index in [4.69, 9.17) is 17.2 Å². The number of fused-ring (bicyclic) bond motifs is 4. The second-order valence-corrected chi connectivity index (χ2v) is 9.21. The lowest BCUT2D eigenvalue weighted by molar-refractivity contribution is 0.775. The van der Waals surface area contributed by atoms with E-state index in [2.05, 4.69) is 54.6 Å². The van der Waals surface area contributed by atoms with Crippen molar-refractivity contribution in [3.05, 3.63) is 83.9 Å². The van der Waals surface area contributed by atoms with Crippen LogP contribution in [0, 0.1) is 0 Å². The van der Waals surface area contributed by atoms with Gasteiger partial charge in [-0.25, -0.2) is 0 Å². The number of benzene rings is 4. The number of rotatable bonds is 4. The predicted molar refractivity (Wildman–Crippen MR) is 128 cm³/mol. The van der Waals surface area contributed by atoms with E-state index in [1.165, 1.54) is 25.7 Å². The number of nitrogen functional groups attached to an aromatic ring is 1. The minimum atomic E-state index is -0.474. The molecule has 0 bridgehead atoms. The van der Waals surface area contributed by atoms with E-state index in [-0.39, 0.29) is 0 Å². The fraction of sp³-hybridized carbons (Fsp3) is 0.0833. The van der Waals surface area contributed by atoms with Gasteiger partial charge in [0.15, 0.2) is 0 Å². The topological polar surface area (TPSA) is 78.1 Å². The van der Waals surface area contributed by atoms with Crippen molar-refractivity contribution in [1.82, 2.24) is 0 Å². The number of anilines is 1. The van der Waals surface area contributed by atoms with Crippen molar-refractivity contribution in [1.29, 1.82) is 0 Å². The molecule has 144 valence electrons. The van der Waals surface area contributed by atoms with Crippen LogP contribution >= 0.6 is 23.1 Å². The Hall–Kier alpha value is -2.57. The standard InChI is InChI=1S/C24H21N3S2/c25-20-11-9-14-12-15(24(26)27)8-10-17(14)23(20)28-13-16-4-3-6-19-18-5-1-2-7-21(18)29-22(16)19/h1-12,24H,13,25-27H2. The molecule has 1 aromatic heterocycles. The molecular weight excluding hydrogens is 394 g/mol. The summed E-state index contributed by atoms with van der Waals surface area (Å²) in [5.74, 6) is 0.867. The van der Waals surface area contributed by atoms with Gasteiger partial charge in [0, 0.05) is 36.5 Å². The van der Waals surface area contributed by atoms with Crippen LogP contribution in [-0.2, 0) is 5.75 Å². The van der Waals surface area contributed by atoms with Crippen LogP contribution < -0.4 is 17.2 Å². The number of nitrogens with two attached hydrogens (primary N) is 3. The molecule has 0 amide bonds. The first kappa shape index (κ1) is 18.5. The fourth-order valence-electron chi connectivity index (χ4n) is 3.77. The van der Waals surface area contributed by atoms with E-state index in [1.54, 1.807) is 11.8 Å². The van der Waals surface area contributed by atoms with E-state index >= 15 is 0 Å². The molecule has 0 radical (unpaired) electrons. The van der Waals surface area contributed by atoms with Crippen LogP contribution in [0.3, 0.4) is 0 Å². The zero-order chi connectivity index (χ0) is 20.0. The molecule has 4 aromatic carbocycles. The first-order chi connectivity index (χ1) is 14.1. The van der Waals surface area contributed by atoms with Crippen LogP contribution in [0.1, 0.15) is 17.3 Å². The Labute approximate surface area is 177 Å². The molecule has 0 saturated carbocycles. The normalized spacial score (nSPS) is 11.8. The summed E-state index contributed by atoms with van der Waals surface area (Å²) in [5.41, 5.74) is 21.1. The second-order valence-electron chi connectivity index (χ2n) is 7.17. The zero-order valence-electron chi connectivity index (χ0n) is 15.8. The maximum atomic E-state index is 6.35. The largest absolute Gasteiger partial charge is 0.398 e. The molecule has 5 rings (SSSR count). The Kier molecular flexibility index (Phi) is 4.68. The first-order valence-corrected chi connectivity index (χ1v) is 11.3. The average molecular weight is 416 g/mol. The fourth-order valence-corrected chi connectivity index (χ4v) is 6.20. The molecule has 1 heterocycles. The SMILES string of the molecule is Nc1ccc2cc(C(N)N)ccc2c1SCc1cccc2c1sc1ccccc12. The highest BCUT2D eigenvalue weighted by Crippen LogP contribution is 2.40. The van der Waals surface area contributed by atoms with Gasteiger partial charge in [0.05, 0.1) is 6.17 Å². The zero-order valence-corrected chi connectivity index (χ0v) is 17.4. The number of thiophene rings is 1. The maximum absolute atomic E-state index is 6.35. The molecule has 29 heavy (non-hydrogen) atoms. The van der Waals surface area contributed by atoms with Crippen molar-refractivity contribution in [2.75, 3.05) is 5.73 Å².